The quantitative estimate of drug-likeness (QED) is 0.822. The fraction of sp³-hybridized carbons (Fsp3) is 1.00. The lowest BCUT2D eigenvalue weighted by molar-refractivity contribution is -0.0450. The average molecular weight is 293 g/mol. The Kier molecular flexibility index (Phi) is 3.94. The molecule has 0 spiro atoms. The lowest BCUT2D eigenvalue weighted by atomic mass is 9.69. The van der Waals surface area contributed by atoms with Crippen LogP contribution < -0.4 is 5.32 Å². The highest BCUT2D eigenvalue weighted by Crippen LogP contribution is 2.58. The van der Waals surface area contributed by atoms with Gasteiger partial charge in [-0.05, 0) is 90.4 Å². The summed E-state index contributed by atoms with van der Waals surface area (Å²) in [6.45, 7) is 12.6. The molecule has 21 heavy (non-hydrogen) atoms. The van der Waals surface area contributed by atoms with Gasteiger partial charge in [-0.1, -0.05) is 6.42 Å². The third-order valence-corrected chi connectivity index (χ3v) is 6.26. The summed E-state index contributed by atoms with van der Waals surface area (Å²) in [6.07, 6.45) is 10.2. The Hall–Kier alpha value is -0.0800. The smallest absolute Gasteiger partial charge is 0.0631 e. The minimum atomic E-state index is 0.112. The Balaban J connectivity index is 1.68. The van der Waals surface area contributed by atoms with E-state index in [-0.39, 0.29) is 11.1 Å². The number of hydrogen-bond donors (Lipinski definition) is 1. The van der Waals surface area contributed by atoms with Gasteiger partial charge in [0.15, 0.2) is 0 Å². The number of nitrogens with one attached hydrogen (secondary N) is 1. The van der Waals surface area contributed by atoms with Gasteiger partial charge in [-0.25, -0.2) is 0 Å². The predicted molar refractivity (Wildman–Crippen MR) is 88.4 cm³/mol. The molecule has 2 heteroatoms. The Labute approximate surface area is 131 Å². The molecule has 0 radical (unpaired) electrons. The second kappa shape index (κ2) is 5.23. The van der Waals surface area contributed by atoms with Gasteiger partial charge >= 0.3 is 0 Å². The molecule has 2 aliphatic carbocycles. The fourth-order valence-corrected chi connectivity index (χ4v) is 5.21. The van der Waals surface area contributed by atoms with Gasteiger partial charge in [0.2, 0.25) is 0 Å². The normalized spacial score (nSPS) is 41.9. The van der Waals surface area contributed by atoms with Gasteiger partial charge in [-0.3, -0.25) is 0 Å². The highest BCUT2D eigenvalue weighted by Gasteiger charge is 2.52. The first-order valence-electron chi connectivity index (χ1n) is 9.10. The molecule has 3 rings (SSSR count). The molecule has 0 amide bonds. The summed E-state index contributed by atoms with van der Waals surface area (Å²) < 4.78 is 6.35. The molecule has 3 aliphatic rings. The molecule has 2 nitrogen and oxygen atoms in total. The average Bonchev–Trinajstić information content (AvgIpc) is 3.01. The summed E-state index contributed by atoms with van der Waals surface area (Å²) in [5.74, 6) is 1.95. The summed E-state index contributed by atoms with van der Waals surface area (Å²) >= 11 is 0. The van der Waals surface area contributed by atoms with Gasteiger partial charge < -0.3 is 10.1 Å². The Bertz CT molecular complexity index is 384. The van der Waals surface area contributed by atoms with Crippen molar-refractivity contribution in [3.05, 3.63) is 0 Å². The van der Waals surface area contributed by atoms with E-state index < -0.39 is 0 Å². The van der Waals surface area contributed by atoms with Crippen LogP contribution >= 0.6 is 0 Å². The van der Waals surface area contributed by atoms with Crippen LogP contribution in [0.15, 0.2) is 0 Å². The van der Waals surface area contributed by atoms with Crippen molar-refractivity contribution in [2.45, 2.75) is 96.8 Å². The summed E-state index contributed by atoms with van der Waals surface area (Å²) in [4.78, 5) is 0. The second-order valence-corrected chi connectivity index (χ2v) is 9.79. The van der Waals surface area contributed by atoms with Crippen LogP contribution in [0.1, 0.15) is 79.6 Å². The number of fused-ring (bicyclic) bond motifs is 2. The minimum absolute atomic E-state index is 0.112. The van der Waals surface area contributed by atoms with Crippen LogP contribution in [0.5, 0.6) is 0 Å². The Morgan fingerprint density at radius 1 is 1.14 bits per heavy atom. The van der Waals surface area contributed by atoms with E-state index in [2.05, 4.69) is 39.9 Å². The maximum absolute atomic E-state index is 6.35. The van der Waals surface area contributed by atoms with E-state index in [9.17, 15) is 0 Å². The topological polar surface area (TPSA) is 21.3 Å². The van der Waals surface area contributed by atoms with Crippen LogP contribution in [-0.4, -0.2) is 23.8 Å². The highest BCUT2D eigenvalue weighted by molar-refractivity contribution is 5.04. The van der Waals surface area contributed by atoms with Gasteiger partial charge in [0, 0.05) is 12.1 Å². The molecule has 1 aliphatic heterocycles. The fourth-order valence-electron chi connectivity index (χ4n) is 5.21. The largest absolute Gasteiger partial charge is 0.372 e. The first-order valence-corrected chi connectivity index (χ1v) is 9.10. The molecule has 4 atom stereocenters. The molecule has 2 saturated carbocycles. The van der Waals surface area contributed by atoms with E-state index in [1.165, 1.54) is 51.5 Å². The summed E-state index contributed by atoms with van der Waals surface area (Å²) in [6, 6.07) is 0. The maximum atomic E-state index is 6.35. The molecular formula is C19H35NO. The van der Waals surface area contributed by atoms with Crippen LogP contribution in [0.4, 0.5) is 0 Å². The summed E-state index contributed by atoms with van der Waals surface area (Å²) in [5.41, 5.74) is 0.854. The van der Waals surface area contributed by atoms with Gasteiger partial charge in [0.1, 0.15) is 0 Å². The van der Waals surface area contributed by atoms with E-state index in [0.717, 1.165) is 11.8 Å². The minimum Gasteiger partial charge on any atom is -0.372 e. The maximum Gasteiger partial charge on any atom is 0.0631 e. The van der Waals surface area contributed by atoms with E-state index in [0.29, 0.717) is 11.5 Å². The molecule has 122 valence electrons. The Morgan fingerprint density at radius 2 is 1.90 bits per heavy atom. The van der Waals surface area contributed by atoms with Crippen molar-refractivity contribution in [3.8, 4) is 0 Å². The van der Waals surface area contributed by atoms with Crippen LogP contribution in [0.25, 0.3) is 0 Å². The van der Waals surface area contributed by atoms with Crippen LogP contribution in [0, 0.1) is 17.3 Å². The van der Waals surface area contributed by atoms with Gasteiger partial charge in [-0.2, -0.15) is 0 Å². The van der Waals surface area contributed by atoms with E-state index in [1.807, 2.05) is 0 Å². The first-order chi connectivity index (χ1) is 9.68. The molecule has 0 aromatic carbocycles. The molecule has 1 saturated heterocycles. The standard InChI is InChI=1S/C19H35NO/c1-17(2,3)20-13-19(11-14-6-7-15(19)10-14)12-16-8-9-18(4,5)21-16/h14-16,20H,6-13H2,1-5H3. The molecule has 2 bridgehead atoms. The van der Waals surface area contributed by atoms with E-state index in [1.54, 1.807) is 0 Å². The summed E-state index contributed by atoms with van der Waals surface area (Å²) in [5, 5.41) is 3.83. The van der Waals surface area contributed by atoms with Crippen molar-refractivity contribution in [2.24, 2.45) is 17.3 Å². The molecule has 0 aromatic rings. The third-order valence-electron chi connectivity index (χ3n) is 6.26. The number of ether oxygens (including phenoxy) is 1. The number of rotatable bonds is 4. The van der Waals surface area contributed by atoms with Crippen molar-refractivity contribution in [2.75, 3.05) is 6.54 Å². The zero-order chi connectivity index (χ0) is 15.3. The van der Waals surface area contributed by atoms with Crippen molar-refractivity contribution < 1.29 is 4.74 Å². The zero-order valence-corrected chi connectivity index (χ0v) is 14.8. The first kappa shape index (κ1) is 15.8. The number of hydrogen-bond acceptors (Lipinski definition) is 2. The van der Waals surface area contributed by atoms with E-state index in [4.69, 9.17) is 4.74 Å². The SMILES string of the molecule is CC(C)(C)NCC1(CC2CCC(C)(C)O2)CC2CCC1C2. The third kappa shape index (κ3) is 3.47. The highest BCUT2D eigenvalue weighted by atomic mass is 16.5. The van der Waals surface area contributed by atoms with Crippen molar-refractivity contribution in [1.82, 2.24) is 5.32 Å². The van der Waals surface area contributed by atoms with Crippen LogP contribution in [-0.2, 0) is 4.74 Å². The molecule has 1 heterocycles. The molecular weight excluding hydrogens is 258 g/mol. The lowest BCUT2D eigenvalue weighted by Crippen LogP contribution is -2.47. The lowest BCUT2D eigenvalue weighted by Gasteiger charge is -2.42. The van der Waals surface area contributed by atoms with Crippen LogP contribution in [0.2, 0.25) is 0 Å². The van der Waals surface area contributed by atoms with Crippen molar-refractivity contribution in [1.29, 1.82) is 0 Å². The second-order valence-electron chi connectivity index (χ2n) is 9.79. The van der Waals surface area contributed by atoms with Crippen molar-refractivity contribution in [3.63, 3.8) is 0 Å². The van der Waals surface area contributed by atoms with Crippen molar-refractivity contribution >= 4 is 0 Å². The molecule has 1 N–H and O–H groups in total. The molecule has 0 aromatic heterocycles. The zero-order valence-electron chi connectivity index (χ0n) is 14.8. The van der Waals surface area contributed by atoms with Gasteiger partial charge in [0.05, 0.1) is 11.7 Å². The van der Waals surface area contributed by atoms with Crippen LogP contribution in [0.3, 0.4) is 0 Å². The monoisotopic (exact) mass is 293 g/mol. The predicted octanol–water partition coefficient (Wildman–Crippen LogP) is 4.53. The van der Waals surface area contributed by atoms with E-state index >= 15 is 0 Å². The molecule has 4 unspecified atom stereocenters. The molecule has 3 fully saturated rings. The van der Waals surface area contributed by atoms with Gasteiger partial charge in [-0.15, -0.1) is 0 Å². The Morgan fingerprint density at radius 3 is 2.38 bits per heavy atom. The van der Waals surface area contributed by atoms with Gasteiger partial charge in [0.25, 0.3) is 0 Å². The summed E-state index contributed by atoms with van der Waals surface area (Å²) in [7, 11) is 0.